The van der Waals surface area contributed by atoms with Crippen molar-refractivity contribution in [3.63, 3.8) is 0 Å². The van der Waals surface area contributed by atoms with Crippen LogP contribution in [-0.4, -0.2) is 98.6 Å². The van der Waals surface area contributed by atoms with Gasteiger partial charge in [0.15, 0.2) is 0 Å². The monoisotopic (exact) mass is 1050 g/mol. The molecule has 72 heavy (non-hydrogen) atoms. The Morgan fingerprint density at radius 2 is 0.931 bits per heavy atom. The first-order chi connectivity index (χ1) is 34.8. The van der Waals surface area contributed by atoms with Crippen molar-refractivity contribution in [2.45, 2.75) is 62.9 Å². The van der Waals surface area contributed by atoms with E-state index in [1.807, 2.05) is 133 Å². The van der Waals surface area contributed by atoms with Crippen molar-refractivity contribution in [3.8, 4) is 17.2 Å². The molecule has 382 valence electrons. The number of carbonyl (C=O) groups is 3. The highest BCUT2D eigenvalue weighted by Gasteiger charge is 2.51. The van der Waals surface area contributed by atoms with Gasteiger partial charge in [-0.2, -0.15) is 0 Å². The van der Waals surface area contributed by atoms with Crippen molar-refractivity contribution in [1.29, 1.82) is 0 Å². The van der Waals surface area contributed by atoms with Crippen LogP contribution < -0.4 is 19.5 Å². The van der Waals surface area contributed by atoms with Gasteiger partial charge in [-0.3, -0.25) is 4.79 Å². The number of hydrogen-bond donors (Lipinski definition) is 3. The van der Waals surface area contributed by atoms with Crippen molar-refractivity contribution >= 4 is 33.9 Å². The topological polar surface area (TPSA) is 156 Å². The Labute approximate surface area is 431 Å². The molecule has 3 saturated carbocycles. The van der Waals surface area contributed by atoms with Crippen LogP contribution in [0.3, 0.4) is 0 Å². The predicted octanol–water partition coefficient (Wildman–Crippen LogP) is 9.77. The summed E-state index contributed by atoms with van der Waals surface area (Å²) in [5.74, 6) is 5.37. The summed E-state index contributed by atoms with van der Waals surface area (Å²) in [7, 11) is 4.95. The molecule has 0 bridgehead atoms. The molecule has 5 aromatic rings. The normalized spacial score (nSPS) is 26.3. The second-order valence-electron chi connectivity index (χ2n) is 20.1. The fraction of sp³-hybridized carbons (Fsp3) is 0.431. The van der Waals surface area contributed by atoms with E-state index in [0.717, 1.165) is 69.9 Å². The van der Waals surface area contributed by atoms with Gasteiger partial charge < -0.3 is 49.0 Å². The zero-order valence-electron chi connectivity index (χ0n) is 41.5. The first-order valence-electron chi connectivity index (χ1n) is 25.0. The van der Waals surface area contributed by atoms with Crippen LogP contribution in [0.4, 0.5) is 9.59 Å². The summed E-state index contributed by atoms with van der Waals surface area (Å²) < 4.78 is 27.3. The van der Waals surface area contributed by atoms with Crippen molar-refractivity contribution < 1.29 is 48.3 Å². The summed E-state index contributed by atoms with van der Waals surface area (Å²) in [6, 6.07) is 42.6. The molecular weight excluding hydrogens is 979 g/mol. The molecule has 2 amide bonds. The number of methoxy groups -OCH3 is 3. The molecule has 14 heteroatoms. The number of ether oxygens (including phenoxy) is 5. The van der Waals surface area contributed by atoms with Gasteiger partial charge in [0.2, 0.25) is 0 Å². The first kappa shape index (κ1) is 52.4. The number of likely N-dealkylation sites (tertiary alicyclic amines) is 2. The Hall–Kier alpha value is -5.93. The molecule has 3 aliphatic heterocycles. The summed E-state index contributed by atoms with van der Waals surface area (Å²) in [6.45, 7) is 5.33. The zero-order valence-corrected chi connectivity index (χ0v) is 43.1. The van der Waals surface area contributed by atoms with E-state index in [1.54, 1.807) is 31.1 Å². The van der Waals surface area contributed by atoms with Crippen LogP contribution in [-0.2, 0) is 38.7 Å². The van der Waals surface area contributed by atoms with Gasteiger partial charge in [-0.05, 0) is 139 Å². The summed E-state index contributed by atoms with van der Waals surface area (Å²) in [5, 5.41) is 25.4. The highest BCUT2D eigenvalue weighted by molar-refractivity contribution is 9.10. The summed E-state index contributed by atoms with van der Waals surface area (Å²) in [5.41, 5.74) is 2.39. The maximum Gasteiger partial charge on any atom is 0.410 e. The average Bonchev–Trinajstić information content (AvgIpc) is 4.27. The van der Waals surface area contributed by atoms with E-state index in [9.17, 15) is 24.6 Å². The molecule has 6 fully saturated rings. The van der Waals surface area contributed by atoms with Crippen LogP contribution in [0.2, 0.25) is 0 Å². The third-order valence-electron chi connectivity index (χ3n) is 15.2. The molecule has 3 saturated heterocycles. The Kier molecular flexibility index (Phi) is 17.6. The smallest absolute Gasteiger partial charge is 0.410 e. The fourth-order valence-electron chi connectivity index (χ4n) is 11.4. The molecule has 3 aliphatic carbocycles. The molecule has 5 aromatic carbocycles. The van der Waals surface area contributed by atoms with Crippen molar-refractivity contribution in [3.05, 3.63) is 160 Å². The molecule has 8 atom stereocenters. The molecule has 0 spiro atoms. The average molecular weight is 1050 g/mol. The zero-order chi connectivity index (χ0) is 50.7. The van der Waals surface area contributed by atoms with Crippen LogP contribution in [0, 0.1) is 35.5 Å². The summed E-state index contributed by atoms with van der Waals surface area (Å²) in [6.07, 6.45) is 3.81. The molecule has 0 aromatic heterocycles. The minimum absolute atomic E-state index is 0.259. The molecule has 11 rings (SSSR count). The van der Waals surface area contributed by atoms with Gasteiger partial charge in [0.05, 0.1) is 32.5 Å². The van der Waals surface area contributed by atoms with Crippen LogP contribution >= 0.6 is 15.9 Å². The largest absolute Gasteiger partial charge is 0.497 e. The quantitative estimate of drug-likeness (QED) is 0.129. The molecular formula is C58H68BrN3O10. The summed E-state index contributed by atoms with van der Waals surface area (Å²) in [4.78, 5) is 39.2. The van der Waals surface area contributed by atoms with Gasteiger partial charge in [-0.25, -0.2) is 9.59 Å². The van der Waals surface area contributed by atoms with Gasteiger partial charge in [-0.15, -0.1) is 0 Å². The number of benzene rings is 5. The second kappa shape index (κ2) is 24.2. The summed E-state index contributed by atoms with van der Waals surface area (Å²) >= 11 is 3.32. The highest BCUT2D eigenvalue weighted by Crippen LogP contribution is 2.50. The van der Waals surface area contributed by atoms with Gasteiger partial charge >= 0.3 is 12.2 Å². The van der Waals surface area contributed by atoms with Crippen LogP contribution in [0.15, 0.2) is 138 Å². The minimum Gasteiger partial charge on any atom is -0.497 e. The third kappa shape index (κ3) is 13.4. The molecule has 0 radical (unpaired) electrons. The van der Waals surface area contributed by atoms with E-state index < -0.39 is 11.2 Å². The Morgan fingerprint density at radius 3 is 1.33 bits per heavy atom. The number of rotatable bonds is 9. The Balaban J connectivity index is 0.000000136. The predicted molar refractivity (Wildman–Crippen MR) is 277 cm³/mol. The SMILES string of the molecule is COc1cccc(Br)c1.COc1cccc(C2(O)C[C@H]3CN(C(=O)OCc4ccccc4)C[C@H]3C2)c1.COc1cccc(C2(O)C[C@H]3CNC[C@H]3C2)c1.O=C1C[C@@H]2CN(C(=O)OCc3ccccc3)C[C@@H]2C1. The number of aliphatic hydroxyl groups is 2. The molecule has 3 heterocycles. The van der Waals surface area contributed by atoms with Gasteiger partial charge in [0, 0.05) is 43.5 Å². The minimum atomic E-state index is -0.843. The Morgan fingerprint density at radius 1 is 0.542 bits per heavy atom. The van der Waals surface area contributed by atoms with Crippen molar-refractivity contribution in [1.82, 2.24) is 15.1 Å². The molecule has 6 aliphatic rings. The standard InChI is InChI=1S/C22H25NO4.C15H17NO3.C14H19NO2.C7H7BrO/c1-26-20-9-5-8-19(10-20)22(25)11-17-13-23(14-18(17)12-22)21(24)27-15-16-6-3-2-4-7-16;17-14-6-12-8-16(9-13(12)7-14)15(18)19-10-11-4-2-1-3-5-11;1-17-13-4-2-3-12(5-13)14(16)6-10-8-15-9-11(10)7-14;1-9-7-4-2-3-6(8)5-7/h2-10,17-18,25H,11-15H2,1H3;1-5,12-13H,6-10H2;2-5,10-11,15-16H,6-9H2,1H3;2-5H,1H3/t17-,18+,22?;12-,13+;10-,11+,14?;. The fourth-order valence-corrected chi connectivity index (χ4v) is 11.8. The van der Waals surface area contributed by atoms with Crippen molar-refractivity contribution in [2.24, 2.45) is 35.5 Å². The number of nitrogens with zero attached hydrogens (tertiary/aromatic N) is 2. The number of fused-ring (bicyclic) bond motifs is 3. The number of amides is 2. The maximum atomic E-state index is 12.4. The Bertz CT molecular complexity index is 2540. The highest BCUT2D eigenvalue weighted by atomic mass is 79.9. The van der Waals surface area contributed by atoms with E-state index in [1.165, 1.54) is 0 Å². The number of carbonyl (C=O) groups excluding carboxylic acids is 3. The number of Topliss-reactive ketones (excluding diaryl/α,β-unsaturated/α-hetero) is 1. The van der Waals surface area contributed by atoms with E-state index in [2.05, 4.69) is 21.2 Å². The molecule has 2 unspecified atom stereocenters. The van der Waals surface area contributed by atoms with Gasteiger partial charge in [-0.1, -0.05) is 107 Å². The number of nitrogens with one attached hydrogen (secondary N) is 1. The van der Waals surface area contributed by atoms with E-state index in [-0.39, 0.29) is 12.2 Å². The first-order valence-corrected chi connectivity index (χ1v) is 25.8. The van der Waals surface area contributed by atoms with E-state index in [4.69, 9.17) is 23.7 Å². The lowest BCUT2D eigenvalue weighted by Gasteiger charge is -2.26. The lowest BCUT2D eigenvalue weighted by Crippen LogP contribution is -2.32. The molecule has 13 nitrogen and oxygen atoms in total. The van der Waals surface area contributed by atoms with Crippen molar-refractivity contribution in [2.75, 3.05) is 60.6 Å². The van der Waals surface area contributed by atoms with Crippen LogP contribution in [0.5, 0.6) is 17.2 Å². The lowest BCUT2D eigenvalue weighted by atomic mass is 9.90. The van der Waals surface area contributed by atoms with Gasteiger partial charge in [0.25, 0.3) is 0 Å². The molecule has 3 N–H and O–H groups in total. The van der Waals surface area contributed by atoms with Gasteiger partial charge in [0.1, 0.15) is 36.2 Å². The number of ketones is 1. The maximum absolute atomic E-state index is 12.4. The van der Waals surface area contributed by atoms with E-state index >= 15 is 0 Å². The lowest BCUT2D eigenvalue weighted by molar-refractivity contribution is -0.118. The van der Waals surface area contributed by atoms with Crippen LogP contribution in [0.1, 0.15) is 60.8 Å². The van der Waals surface area contributed by atoms with Crippen LogP contribution in [0.25, 0.3) is 0 Å². The third-order valence-corrected chi connectivity index (χ3v) is 15.7. The number of hydrogen-bond acceptors (Lipinski definition) is 11. The van der Waals surface area contributed by atoms with E-state index in [0.29, 0.717) is 106 Å². The second-order valence-corrected chi connectivity index (χ2v) is 21.0. The number of halogens is 1.